The van der Waals surface area contributed by atoms with Gasteiger partial charge in [-0.05, 0) is 43.7 Å². The van der Waals surface area contributed by atoms with Gasteiger partial charge in [0.25, 0.3) is 0 Å². The minimum Gasteiger partial charge on any atom is -0.484 e. The summed E-state index contributed by atoms with van der Waals surface area (Å²) in [6, 6.07) is 16.2. The zero-order chi connectivity index (χ0) is 29.6. The number of carbonyl (C=O) groups is 2. The second-order valence-electron chi connectivity index (χ2n) is 9.05. The predicted octanol–water partition coefficient (Wildman–Crippen LogP) is 5.14. The van der Waals surface area contributed by atoms with E-state index in [0.29, 0.717) is 28.6 Å². The molecule has 4 aromatic rings. The van der Waals surface area contributed by atoms with Crippen molar-refractivity contribution in [2.45, 2.75) is 30.4 Å². The molecule has 0 saturated carbocycles. The summed E-state index contributed by atoms with van der Waals surface area (Å²) in [4.78, 5) is 35.6. The van der Waals surface area contributed by atoms with Gasteiger partial charge < -0.3 is 14.4 Å². The van der Waals surface area contributed by atoms with E-state index in [1.807, 2.05) is 0 Å². The first-order chi connectivity index (χ1) is 19.5. The SMILES string of the molecule is Cc1c(OCC(F)(F)F)ccnc1C[S@](=O)c1nc2ccccc2n1C(=O)N(C)CCCOC(=O)c1ccccc1. The van der Waals surface area contributed by atoms with Crippen LogP contribution >= 0.6 is 0 Å². The van der Waals surface area contributed by atoms with E-state index in [1.54, 1.807) is 61.6 Å². The fourth-order valence-electron chi connectivity index (χ4n) is 3.94. The molecule has 216 valence electrons. The molecular formula is C28H27F3N4O5S. The quantitative estimate of drug-likeness (QED) is 0.187. The molecular weight excluding hydrogens is 561 g/mol. The number of alkyl halides is 3. The van der Waals surface area contributed by atoms with E-state index < -0.39 is 35.6 Å². The van der Waals surface area contributed by atoms with Crippen LogP contribution in [0.3, 0.4) is 0 Å². The Morgan fingerprint density at radius 1 is 1.05 bits per heavy atom. The van der Waals surface area contributed by atoms with Gasteiger partial charge in [0.1, 0.15) is 5.75 Å². The van der Waals surface area contributed by atoms with Gasteiger partial charge in [0.15, 0.2) is 6.61 Å². The number of hydrogen-bond donors (Lipinski definition) is 0. The van der Waals surface area contributed by atoms with Crippen LogP contribution in [0.25, 0.3) is 11.0 Å². The number of halogens is 3. The summed E-state index contributed by atoms with van der Waals surface area (Å²) < 4.78 is 62.8. The maximum Gasteiger partial charge on any atom is 0.422 e. The highest BCUT2D eigenvalue weighted by Crippen LogP contribution is 2.26. The molecule has 4 rings (SSSR count). The lowest BCUT2D eigenvalue weighted by Crippen LogP contribution is -2.33. The fraction of sp³-hybridized carbons (Fsp3) is 0.286. The summed E-state index contributed by atoms with van der Waals surface area (Å²) in [5.41, 5.74) is 1.87. The van der Waals surface area contributed by atoms with Crippen LogP contribution in [0.4, 0.5) is 18.0 Å². The van der Waals surface area contributed by atoms with Gasteiger partial charge in [0, 0.05) is 25.4 Å². The number of benzene rings is 2. The van der Waals surface area contributed by atoms with Crippen LogP contribution in [0, 0.1) is 6.92 Å². The number of rotatable bonds is 10. The van der Waals surface area contributed by atoms with Gasteiger partial charge in [-0.3, -0.25) is 9.19 Å². The Labute approximate surface area is 236 Å². The van der Waals surface area contributed by atoms with Crippen LogP contribution < -0.4 is 4.74 Å². The molecule has 0 fully saturated rings. The third-order valence-electron chi connectivity index (χ3n) is 6.05. The topological polar surface area (TPSA) is 104 Å². The lowest BCUT2D eigenvalue weighted by Gasteiger charge is -2.19. The summed E-state index contributed by atoms with van der Waals surface area (Å²) in [7, 11) is -0.330. The summed E-state index contributed by atoms with van der Waals surface area (Å²) >= 11 is 0. The number of esters is 1. The van der Waals surface area contributed by atoms with E-state index in [0.717, 1.165) is 0 Å². The van der Waals surface area contributed by atoms with Crippen molar-refractivity contribution in [3.63, 3.8) is 0 Å². The van der Waals surface area contributed by atoms with Crippen LogP contribution in [-0.4, -0.2) is 68.6 Å². The number of hydrogen-bond acceptors (Lipinski definition) is 7. The van der Waals surface area contributed by atoms with E-state index in [-0.39, 0.29) is 35.5 Å². The van der Waals surface area contributed by atoms with Crippen molar-refractivity contribution in [1.82, 2.24) is 19.4 Å². The normalized spacial score (nSPS) is 12.2. The van der Waals surface area contributed by atoms with Gasteiger partial charge in [0.05, 0.1) is 45.5 Å². The first-order valence-corrected chi connectivity index (χ1v) is 13.8. The summed E-state index contributed by atoms with van der Waals surface area (Å²) in [6.45, 7) is 0.380. The molecule has 2 aromatic carbocycles. The molecule has 1 atom stereocenters. The number of ether oxygens (including phenoxy) is 2. The molecule has 0 saturated heterocycles. The third kappa shape index (κ3) is 7.48. The average molecular weight is 589 g/mol. The number of amides is 1. The molecule has 41 heavy (non-hydrogen) atoms. The number of fused-ring (bicyclic) bond motifs is 1. The summed E-state index contributed by atoms with van der Waals surface area (Å²) in [5.74, 6) is -0.693. The molecule has 2 aromatic heterocycles. The molecule has 13 heteroatoms. The Hall–Kier alpha value is -4.26. The zero-order valence-corrected chi connectivity index (χ0v) is 23.1. The number of pyridine rings is 1. The van der Waals surface area contributed by atoms with Crippen molar-refractivity contribution in [3.05, 3.63) is 83.7 Å². The first kappa shape index (κ1) is 29.7. The number of para-hydroxylation sites is 2. The predicted molar refractivity (Wildman–Crippen MR) is 145 cm³/mol. The van der Waals surface area contributed by atoms with Gasteiger partial charge in [-0.1, -0.05) is 30.3 Å². The zero-order valence-electron chi connectivity index (χ0n) is 22.3. The number of nitrogens with zero attached hydrogens (tertiary/aromatic N) is 4. The van der Waals surface area contributed by atoms with Gasteiger partial charge in [0.2, 0.25) is 5.16 Å². The van der Waals surface area contributed by atoms with E-state index in [1.165, 1.54) is 28.7 Å². The Bertz CT molecular complexity index is 1560. The monoisotopic (exact) mass is 588 g/mol. The van der Waals surface area contributed by atoms with E-state index in [4.69, 9.17) is 9.47 Å². The van der Waals surface area contributed by atoms with Crippen LogP contribution in [0.1, 0.15) is 28.0 Å². The minimum atomic E-state index is -4.51. The average Bonchev–Trinajstić information content (AvgIpc) is 3.35. The molecule has 0 bridgehead atoms. The standard InChI is InChI=1S/C28H27F3N4O5S/c1-19-22(32-14-13-24(19)40-18-28(29,30)31)17-41(38)26-33-21-11-6-7-12-23(21)35(26)27(37)34(2)15-8-16-39-25(36)20-9-4-3-5-10-20/h3-7,9-14H,8,15-18H2,1-2H3/t41-/m0/s1. The lowest BCUT2D eigenvalue weighted by molar-refractivity contribution is -0.153. The van der Waals surface area contributed by atoms with Crippen LogP contribution in [0.5, 0.6) is 5.75 Å². The second-order valence-corrected chi connectivity index (χ2v) is 10.4. The van der Waals surface area contributed by atoms with Crippen LogP contribution in [0.2, 0.25) is 0 Å². The van der Waals surface area contributed by atoms with E-state index in [9.17, 15) is 27.0 Å². The highest BCUT2D eigenvalue weighted by atomic mass is 32.2. The summed E-state index contributed by atoms with van der Waals surface area (Å²) in [5, 5.41) is -0.0265. The molecule has 0 aliphatic rings. The Balaban J connectivity index is 1.48. The molecule has 0 spiro atoms. The molecule has 0 aliphatic heterocycles. The van der Waals surface area contributed by atoms with Gasteiger partial charge >= 0.3 is 18.2 Å². The van der Waals surface area contributed by atoms with Crippen LogP contribution in [-0.2, 0) is 21.3 Å². The highest BCUT2D eigenvalue weighted by Gasteiger charge is 2.29. The Morgan fingerprint density at radius 3 is 2.49 bits per heavy atom. The summed E-state index contributed by atoms with van der Waals surface area (Å²) in [6.07, 6.45) is -2.88. The van der Waals surface area contributed by atoms with E-state index >= 15 is 0 Å². The molecule has 2 heterocycles. The number of imidazole rings is 1. The van der Waals surface area contributed by atoms with Crippen molar-refractivity contribution in [1.29, 1.82) is 0 Å². The number of aromatic nitrogens is 3. The Kier molecular flexibility index (Phi) is 9.38. The molecule has 1 amide bonds. The van der Waals surface area contributed by atoms with Crippen molar-refractivity contribution < 1.29 is 36.4 Å². The van der Waals surface area contributed by atoms with Crippen molar-refractivity contribution in [2.24, 2.45) is 0 Å². The maximum atomic E-state index is 13.5. The molecule has 0 aliphatic carbocycles. The van der Waals surface area contributed by atoms with Gasteiger partial charge in [-0.15, -0.1) is 0 Å². The number of carbonyl (C=O) groups excluding carboxylic acids is 2. The highest BCUT2D eigenvalue weighted by molar-refractivity contribution is 7.84. The van der Waals surface area contributed by atoms with Gasteiger partial charge in [-0.2, -0.15) is 13.2 Å². The molecule has 0 N–H and O–H groups in total. The van der Waals surface area contributed by atoms with Crippen LogP contribution in [0.15, 0.2) is 72.0 Å². The third-order valence-corrected chi connectivity index (χ3v) is 7.27. The smallest absolute Gasteiger partial charge is 0.422 e. The minimum absolute atomic E-state index is 0.0263. The lowest BCUT2D eigenvalue weighted by atomic mass is 10.2. The second kappa shape index (κ2) is 12.9. The Morgan fingerprint density at radius 2 is 1.76 bits per heavy atom. The van der Waals surface area contributed by atoms with Crippen molar-refractivity contribution in [3.8, 4) is 5.75 Å². The molecule has 0 radical (unpaired) electrons. The fourth-order valence-corrected chi connectivity index (χ4v) is 5.19. The maximum absolute atomic E-state index is 13.5. The van der Waals surface area contributed by atoms with Gasteiger partial charge in [-0.25, -0.2) is 19.1 Å². The van der Waals surface area contributed by atoms with Crippen molar-refractivity contribution >= 4 is 33.8 Å². The van der Waals surface area contributed by atoms with Crippen molar-refractivity contribution in [2.75, 3.05) is 26.8 Å². The molecule has 0 unspecified atom stereocenters. The van der Waals surface area contributed by atoms with E-state index in [2.05, 4.69) is 9.97 Å². The molecule has 9 nitrogen and oxygen atoms in total. The largest absolute Gasteiger partial charge is 0.484 e. The first-order valence-electron chi connectivity index (χ1n) is 12.5.